The largest absolute Gasteiger partial charge is 0.493 e. The molecule has 1 fully saturated rings. The molecule has 4 nitrogen and oxygen atoms in total. The van der Waals surface area contributed by atoms with Crippen LogP contribution in [0.5, 0.6) is 11.5 Å². The van der Waals surface area contributed by atoms with Crippen LogP contribution in [-0.4, -0.2) is 45.4 Å². The first-order valence-electron chi connectivity index (χ1n) is 11.0. The maximum Gasteiger partial charge on any atom is 0.161 e. The summed E-state index contributed by atoms with van der Waals surface area (Å²) in [5.74, 6) is 4.37. The van der Waals surface area contributed by atoms with Crippen molar-refractivity contribution in [3.63, 3.8) is 0 Å². The van der Waals surface area contributed by atoms with E-state index in [0.29, 0.717) is 17.9 Å². The molecular weight excluding hydrogens is 350 g/mol. The van der Waals surface area contributed by atoms with Gasteiger partial charge in [0, 0.05) is 32.3 Å². The zero-order chi connectivity index (χ0) is 20.3. The Hall–Kier alpha value is -1.26. The van der Waals surface area contributed by atoms with Gasteiger partial charge in [-0.3, -0.25) is 4.90 Å². The predicted octanol–water partition coefficient (Wildman–Crippen LogP) is 4.96. The molecule has 1 saturated heterocycles. The average Bonchev–Trinajstić information content (AvgIpc) is 2.66. The molecule has 0 N–H and O–H groups in total. The van der Waals surface area contributed by atoms with Crippen molar-refractivity contribution >= 4 is 0 Å². The van der Waals surface area contributed by atoms with E-state index in [1.807, 2.05) is 0 Å². The molecule has 3 rings (SSSR count). The van der Waals surface area contributed by atoms with Crippen LogP contribution >= 0.6 is 0 Å². The molecule has 3 unspecified atom stereocenters. The Bertz CT molecular complexity index is 643. The quantitative estimate of drug-likeness (QED) is 0.629. The molecule has 0 spiro atoms. The van der Waals surface area contributed by atoms with E-state index in [4.69, 9.17) is 14.2 Å². The van der Waals surface area contributed by atoms with Gasteiger partial charge in [0.05, 0.1) is 14.2 Å². The number of hydrogen-bond acceptors (Lipinski definition) is 4. The lowest BCUT2D eigenvalue weighted by atomic mass is 9.74. The van der Waals surface area contributed by atoms with Gasteiger partial charge in [-0.05, 0) is 66.2 Å². The van der Waals surface area contributed by atoms with Crippen LogP contribution in [0.4, 0.5) is 0 Å². The number of piperidine rings is 1. The number of fused-ring (bicyclic) bond motifs is 3. The van der Waals surface area contributed by atoms with Gasteiger partial charge in [0.15, 0.2) is 11.5 Å². The predicted molar refractivity (Wildman–Crippen MR) is 114 cm³/mol. The van der Waals surface area contributed by atoms with Crippen molar-refractivity contribution in [3.8, 4) is 11.5 Å². The summed E-state index contributed by atoms with van der Waals surface area (Å²) in [5, 5.41) is 0. The van der Waals surface area contributed by atoms with Crippen LogP contribution in [0, 0.1) is 23.7 Å². The fraction of sp³-hybridized carbons (Fsp3) is 0.750. The second-order valence-corrected chi connectivity index (χ2v) is 9.48. The molecule has 2 aliphatic heterocycles. The number of ether oxygens (including phenoxy) is 3. The van der Waals surface area contributed by atoms with Crippen molar-refractivity contribution in [2.24, 2.45) is 23.7 Å². The molecule has 3 atom stereocenters. The van der Waals surface area contributed by atoms with E-state index < -0.39 is 0 Å². The molecule has 0 saturated carbocycles. The highest BCUT2D eigenvalue weighted by Crippen LogP contribution is 2.45. The van der Waals surface area contributed by atoms with E-state index in [1.165, 1.54) is 30.5 Å². The van der Waals surface area contributed by atoms with E-state index in [9.17, 15) is 0 Å². The Morgan fingerprint density at radius 3 is 2.36 bits per heavy atom. The summed E-state index contributed by atoms with van der Waals surface area (Å²) in [4.78, 5) is 2.71. The molecule has 1 aromatic rings. The lowest BCUT2D eigenvalue weighted by Gasteiger charge is -2.47. The molecule has 0 radical (unpaired) electrons. The van der Waals surface area contributed by atoms with Crippen molar-refractivity contribution in [2.75, 3.05) is 40.5 Å². The Labute approximate surface area is 171 Å². The van der Waals surface area contributed by atoms with Crippen LogP contribution in [0.1, 0.15) is 57.7 Å². The SMILES string of the molecule is COc1cc2c(cc1OC)C1CC(COCC(C)C)C(CC(C)C)CN1CC2. The summed E-state index contributed by atoms with van der Waals surface area (Å²) in [6, 6.07) is 4.88. The molecule has 2 aliphatic rings. The summed E-state index contributed by atoms with van der Waals surface area (Å²) in [7, 11) is 3.45. The maximum absolute atomic E-state index is 6.13. The van der Waals surface area contributed by atoms with Gasteiger partial charge in [-0.25, -0.2) is 0 Å². The molecule has 28 heavy (non-hydrogen) atoms. The number of hydrogen-bond donors (Lipinski definition) is 0. The minimum Gasteiger partial charge on any atom is -0.493 e. The van der Waals surface area contributed by atoms with E-state index >= 15 is 0 Å². The summed E-state index contributed by atoms with van der Waals surface area (Å²) in [5.41, 5.74) is 2.85. The molecular formula is C24H39NO3. The molecule has 0 aromatic heterocycles. The summed E-state index contributed by atoms with van der Waals surface area (Å²) in [6.07, 6.45) is 3.56. The van der Waals surface area contributed by atoms with E-state index in [-0.39, 0.29) is 0 Å². The van der Waals surface area contributed by atoms with Crippen LogP contribution in [0.3, 0.4) is 0 Å². The molecule has 1 aromatic carbocycles. The highest BCUT2D eigenvalue weighted by Gasteiger charge is 2.39. The smallest absolute Gasteiger partial charge is 0.161 e. The van der Waals surface area contributed by atoms with E-state index in [2.05, 4.69) is 44.7 Å². The highest BCUT2D eigenvalue weighted by molar-refractivity contribution is 5.49. The van der Waals surface area contributed by atoms with Crippen LogP contribution in [0.15, 0.2) is 12.1 Å². The number of methoxy groups -OCH3 is 2. The first kappa shape index (κ1) is 21.4. The Morgan fingerprint density at radius 1 is 1.00 bits per heavy atom. The standard InChI is InChI=1S/C24H39NO3/c1-16(2)9-19-13-25-8-7-18-11-23(26-5)24(27-6)12-21(18)22(25)10-20(19)15-28-14-17(3)4/h11-12,16-17,19-20,22H,7-10,13-15H2,1-6H3. The van der Waals surface area contributed by atoms with Gasteiger partial charge in [-0.1, -0.05) is 27.7 Å². The van der Waals surface area contributed by atoms with E-state index in [1.54, 1.807) is 14.2 Å². The lowest BCUT2D eigenvalue weighted by Crippen LogP contribution is -2.47. The summed E-state index contributed by atoms with van der Waals surface area (Å²) < 4.78 is 17.3. The average molecular weight is 390 g/mol. The second kappa shape index (κ2) is 9.49. The van der Waals surface area contributed by atoms with Crippen molar-refractivity contribution in [3.05, 3.63) is 23.3 Å². The van der Waals surface area contributed by atoms with Gasteiger partial charge in [0.2, 0.25) is 0 Å². The number of benzene rings is 1. The van der Waals surface area contributed by atoms with Crippen molar-refractivity contribution in [1.82, 2.24) is 4.90 Å². The third kappa shape index (κ3) is 4.83. The zero-order valence-electron chi connectivity index (χ0n) is 18.7. The topological polar surface area (TPSA) is 30.9 Å². The fourth-order valence-corrected chi connectivity index (χ4v) is 5.04. The molecule has 0 aliphatic carbocycles. The highest BCUT2D eigenvalue weighted by atomic mass is 16.5. The van der Waals surface area contributed by atoms with Gasteiger partial charge in [0.25, 0.3) is 0 Å². The van der Waals surface area contributed by atoms with Crippen LogP contribution < -0.4 is 9.47 Å². The Kier molecular flexibility index (Phi) is 7.27. The van der Waals surface area contributed by atoms with Crippen molar-refractivity contribution in [2.45, 2.75) is 53.0 Å². The van der Waals surface area contributed by atoms with Crippen molar-refractivity contribution in [1.29, 1.82) is 0 Å². The number of nitrogens with zero attached hydrogens (tertiary/aromatic N) is 1. The minimum atomic E-state index is 0.472. The normalized spacial score (nSPS) is 24.9. The molecule has 0 amide bonds. The third-order valence-electron chi connectivity index (χ3n) is 6.33. The number of rotatable bonds is 8. The molecule has 0 bridgehead atoms. The molecule has 2 heterocycles. The molecule has 4 heteroatoms. The van der Waals surface area contributed by atoms with Gasteiger partial charge >= 0.3 is 0 Å². The minimum absolute atomic E-state index is 0.472. The first-order valence-corrected chi connectivity index (χ1v) is 11.0. The van der Waals surface area contributed by atoms with Crippen LogP contribution in [0.25, 0.3) is 0 Å². The van der Waals surface area contributed by atoms with Gasteiger partial charge in [0.1, 0.15) is 0 Å². The van der Waals surface area contributed by atoms with Gasteiger partial charge in [-0.15, -0.1) is 0 Å². The lowest BCUT2D eigenvalue weighted by molar-refractivity contribution is -0.0106. The van der Waals surface area contributed by atoms with Gasteiger partial charge in [-0.2, -0.15) is 0 Å². The second-order valence-electron chi connectivity index (χ2n) is 9.48. The third-order valence-corrected chi connectivity index (χ3v) is 6.33. The van der Waals surface area contributed by atoms with E-state index in [0.717, 1.165) is 49.5 Å². The fourth-order valence-electron chi connectivity index (χ4n) is 5.04. The first-order chi connectivity index (χ1) is 13.4. The molecule has 158 valence electrons. The summed E-state index contributed by atoms with van der Waals surface area (Å²) in [6.45, 7) is 13.2. The monoisotopic (exact) mass is 389 g/mol. The van der Waals surface area contributed by atoms with Crippen molar-refractivity contribution < 1.29 is 14.2 Å². The Balaban J connectivity index is 1.82. The van der Waals surface area contributed by atoms with Gasteiger partial charge < -0.3 is 14.2 Å². The van der Waals surface area contributed by atoms with Crippen LogP contribution in [-0.2, 0) is 11.2 Å². The summed E-state index contributed by atoms with van der Waals surface area (Å²) >= 11 is 0. The maximum atomic E-state index is 6.13. The van der Waals surface area contributed by atoms with Crippen LogP contribution in [0.2, 0.25) is 0 Å². The zero-order valence-corrected chi connectivity index (χ0v) is 18.7. The Morgan fingerprint density at radius 2 is 1.71 bits per heavy atom.